The van der Waals surface area contributed by atoms with Gasteiger partial charge in [0.05, 0.1) is 10.7 Å². The highest BCUT2D eigenvalue weighted by atomic mass is 35.5. The van der Waals surface area contributed by atoms with Crippen LogP contribution in [0.5, 0.6) is 0 Å². The molecule has 4 nitrogen and oxygen atoms in total. The van der Waals surface area contributed by atoms with Crippen LogP contribution in [-0.2, 0) is 0 Å². The zero-order valence-electron chi connectivity index (χ0n) is 19.8. The summed E-state index contributed by atoms with van der Waals surface area (Å²) in [5, 5.41) is 8.47. The van der Waals surface area contributed by atoms with Crippen LogP contribution in [0, 0.1) is 0 Å². The van der Waals surface area contributed by atoms with Crippen LogP contribution in [-0.4, -0.2) is 10.5 Å². The van der Waals surface area contributed by atoms with Crippen LogP contribution in [0.2, 0.25) is 10.0 Å². The fourth-order valence-corrected chi connectivity index (χ4v) is 6.60. The van der Waals surface area contributed by atoms with Crippen molar-refractivity contribution in [1.29, 1.82) is 0 Å². The lowest BCUT2D eigenvalue weighted by Crippen LogP contribution is -2.23. The molecular weight excluding hydrogens is 553 g/mol. The molecule has 0 aliphatic carbocycles. The van der Waals surface area contributed by atoms with E-state index in [0.29, 0.717) is 19.7 Å². The molecule has 0 saturated heterocycles. The van der Waals surface area contributed by atoms with Crippen LogP contribution in [0.15, 0.2) is 114 Å². The molecule has 2 aromatic heterocycles. The van der Waals surface area contributed by atoms with Gasteiger partial charge in [-0.2, -0.15) is 0 Å². The Morgan fingerprint density at radius 1 is 0.763 bits per heavy atom. The quantitative estimate of drug-likeness (QED) is 0.207. The van der Waals surface area contributed by atoms with Crippen LogP contribution in [0.3, 0.4) is 0 Å². The lowest BCUT2D eigenvalue weighted by Gasteiger charge is -2.10. The lowest BCUT2D eigenvalue weighted by atomic mass is 10.0. The zero-order valence-corrected chi connectivity index (χ0v) is 22.9. The summed E-state index contributed by atoms with van der Waals surface area (Å²) < 4.78 is 2.96. The van der Waals surface area contributed by atoms with Crippen LogP contribution in [0.25, 0.3) is 38.2 Å². The van der Waals surface area contributed by atoms with E-state index < -0.39 is 0 Å². The highest BCUT2D eigenvalue weighted by molar-refractivity contribution is 7.21. The van der Waals surface area contributed by atoms with Gasteiger partial charge < -0.3 is 0 Å². The Labute approximate surface area is 237 Å². The third kappa shape index (κ3) is 4.79. The number of nitrogens with one attached hydrogen (secondary N) is 1. The third-order valence-electron chi connectivity index (χ3n) is 6.07. The van der Waals surface area contributed by atoms with Crippen LogP contribution >= 0.6 is 45.9 Å². The Morgan fingerprint density at radius 3 is 2.16 bits per heavy atom. The summed E-state index contributed by atoms with van der Waals surface area (Å²) in [5.41, 5.74) is 7.86. The van der Waals surface area contributed by atoms with Crippen molar-refractivity contribution in [3.05, 3.63) is 128 Å². The fourth-order valence-electron chi connectivity index (χ4n) is 4.20. The van der Waals surface area contributed by atoms with Gasteiger partial charge in [0.25, 0.3) is 5.91 Å². The molecule has 38 heavy (non-hydrogen) atoms. The van der Waals surface area contributed by atoms with Gasteiger partial charge in [-0.25, -0.2) is 5.43 Å². The van der Waals surface area contributed by atoms with Gasteiger partial charge in [0.15, 0.2) is 0 Å². The average molecular weight is 573 g/mol. The first-order valence-corrected chi connectivity index (χ1v) is 14.2. The number of halogens is 2. The topological polar surface area (TPSA) is 46.4 Å². The molecule has 0 fully saturated rings. The van der Waals surface area contributed by atoms with Gasteiger partial charge in [-0.1, -0.05) is 96.0 Å². The van der Waals surface area contributed by atoms with E-state index in [0.717, 1.165) is 38.2 Å². The predicted octanol–water partition coefficient (Wildman–Crippen LogP) is 8.64. The molecule has 0 atom stereocenters. The third-order valence-corrected chi connectivity index (χ3v) is 8.83. The summed E-state index contributed by atoms with van der Waals surface area (Å²) in [5.74, 6) is -0.346. The number of thiophene rings is 1. The van der Waals surface area contributed by atoms with E-state index in [4.69, 9.17) is 23.2 Å². The van der Waals surface area contributed by atoms with Crippen molar-refractivity contribution in [2.45, 2.75) is 0 Å². The monoisotopic (exact) mass is 571 g/mol. The van der Waals surface area contributed by atoms with E-state index in [9.17, 15) is 4.79 Å². The maximum atomic E-state index is 13.0. The average Bonchev–Trinajstić information content (AvgIpc) is 3.54. The van der Waals surface area contributed by atoms with Gasteiger partial charge >= 0.3 is 0 Å². The molecule has 8 heteroatoms. The second-order valence-corrected chi connectivity index (χ2v) is 11.2. The molecule has 0 aliphatic heterocycles. The van der Waals surface area contributed by atoms with E-state index in [-0.39, 0.29) is 5.91 Å². The minimum Gasteiger partial charge on any atom is -0.284 e. The number of hydrogen-bond donors (Lipinski definition) is 1. The van der Waals surface area contributed by atoms with Gasteiger partial charge in [-0.15, -0.1) is 27.8 Å². The van der Waals surface area contributed by atoms with Crippen molar-refractivity contribution in [2.75, 3.05) is 0 Å². The Balaban J connectivity index is 1.39. The maximum Gasteiger partial charge on any atom is 0.283 e. The van der Waals surface area contributed by atoms with Crippen molar-refractivity contribution >= 4 is 61.9 Å². The smallest absolute Gasteiger partial charge is 0.283 e. The van der Waals surface area contributed by atoms with Crippen molar-refractivity contribution in [3.63, 3.8) is 0 Å². The summed E-state index contributed by atoms with van der Waals surface area (Å²) in [4.78, 5) is 14.1. The van der Waals surface area contributed by atoms with Crippen molar-refractivity contribution in [1.82, 2.24) is 9.99 Å². The number of thiazole rings is 1. The first-order chi connectivity index (χ1) is 18.6. The summed E-state index contributed by atoms with van der Waals surface area (Å²) in [6, 6.07) is 33.9. The Kier molecular flexibility index (Phi) is 6.87. The molecule has 186 valence electrons. The van der Waals surface area contributed by atoms with Gasteiger partial charge in [-0.05, 0) is 47.0 Å². The van der Waals surface area contributed by atoms with Gasteiger partial charge in [-0.3, -0.25) is 9.36 Å². The number of nitrogens with zero attached hydrogens (tertiary/aromatic N) is 2. The van der Waals surface area contributed by atoms with Gasteiger partial charge in [0.1, 0.15) is 4.88 Å². The Morgan fingerprint density at radius 2 is 1.42 bits per heavy atom. The largest absolute Gasteiger partial charge is 0.284 e. The molecule has 0 saturated carbocycles. The van der Waals surface area contributed by atoms with Crippen LogP contribution in [0.1, 0.15) is 9.67 Å². The van der Waals surface area contributed by atoms with E-state index in [1.54, 1.807) is 0 Å². The number of benzene rings is 4. The number of fused-ring (bicyclic) bond motifs is 1. The first kappa shape index (κ1) is 24.6. The summed E-state index contributed by atoms with van der Waals surface area (Å²) in [6.07, 6.45) is 0. The van der Waals surface area contributed by atoms with Gasteiger partial charge in [0.2, 0.25) is 4.80 Å². The number of hydrogen-bond acceptors (Lipinski definition) is 4. The standard InChI is InChI=1S/C30H19Cl2N3OS2/c31-22-14-16-23(17-15-22)35-25(21-12-10-20(11-13-21)19-6-2-1-3-7-19)18-37-30(35)34-33-29(36)28-27(32)24-8-4-5-9-26(24)38-28/h1-18H,(H,33,36)/b34-30+. The molecule has 0 spiro atoms. The molecule has 0 aliphatic rings. The second-order valence-electron chi connectivity index (χ2n) is 8.45. The summed E-state index contributed by atoms with van der Waals surface area (Å²) in [7, 11) is 0. The van der Waals surface area contributed by atoms with E-state index in [2.05, 4.69) is 46.9 Å². The molecule has 0 unspecified atom stereocenters. The van der Waals surface area contributed by atoms with Crippen molar-refractivity contribution in [3.8, 4) is 28.1 Å². The highest BCUT2D eigenvalue weighted by Gasteiger charge is 2.17. The normalized spacial score (nSPS) is 11.7. The molecule has 2 heterocycles. The Bertz CT molecular complexity index is 1820. The number of rotatable bonds is 5. The zero-order chi connectivity index (χ0) is 26.1. The Hall–Kier alpha value is -3.68. The number of amides is 1. The van der Waals surface area contributed by atoms with E-state index in [1.165, 1.54) is 22.7 Å². The predicted molar refractivity (Wildman–Crippen MR) is 159 cm³/mol. The number of carbonyl (C=O) groups excluding carboxylic acids is 1. The molecule has 0 radical (unpaired) electrons. The summed E-state index contributed by atoms with van der Waals surface area (Å²) >= 11 is 15.5. The van der Waals surface area contributed by atoms with Crippen LogP contribution < -0.4 is 10.2 Å². The van der Waals surface area contributed by atoms with Gasteiger partial charge in [0, 0.05) is 26.2 Å². The minimum absolute atomic E-state index is 0.346. The van der Waals surface area contributed by atoms with Crippen LogP contribution in [0.4, 0.5) is 0 Å². The molecule has 6 rings (SSSR count). The number of carbonyl (C=O) groups is 1. The number of aromatic nitrogens is 1. The molecular formula is C30H19Cl2N3OS2. The molecule has 1 amide bonds. The second kappa shape index (κ2) is 10.6. The van der Waals surface area contributed by atoms with E-state index >= 15 is 0 Å². The SMILES string of the molecule is O=C(N/N=c1/scc(-c2ccc(-c3ccccc3)cc2)n1-c1ccc(Cl)cc1)c1sc2ccccc2c1Cl. The highest BCUT2D eigenvalue weighted by Crippen LogP contribution is 2.35. The fraction of sp³-hybridized carbons (Fsp3) is 0. The lowest BCUT2D eigenvalue weighted by molar-refractivity contribution is 0.0957. The van der Waals surface area contributed by atoms with Crippen molar-refractivity contribution < 1.29 is 4.79 Å². The molecule has 6 aromatic rings. The molecule has 1 N–H and O–H groups in total. The van der Waals surface area contributed by atoms with Crippen molar-refractivity contribution in [2.24, 2.45) is 5.10 Å². The molecule has 0 bridgehead atoms. The molecule has 4 aromatic carbocycles. The minimum atomic E-state index is -0.346. The van der Waals surface area contributed by atoms with E-state index in [1.807, 2.05) is 76.7 Å². The first-order valence-electron chi connectivity index (χ1n) is 11.7. The summed E-state index contributed by atoms with van der Waals surface area (Å²) in [6.45, 7) is 0. The maximum absolute atomic E-state index is 13.0.